The van der Waals surface area contributed by atoms with Gasteiger partial charge in [0.2, 0.25) is 0 Å². The zero-order valence-corrected chi connectivity index (χ0v) is 13.1. The van der Waals surface area contributed by atoms with E-state index in [-0.39, 0.29) is 0 Å². The standard InChI is InChI=1S/C18H11ClN2S/c19-17-10-9-12(22-17)11-20-21-18-15-7-3-1-5-13(15)14-6-2-4-8-16(14)18/h1-11H/b20-11-. The van der Waals surface area contributed by atoms with E-state index in [1.165, 1.54) is 22.5 Å². The first-order valence-electron chi connectivity index (χ1n) is 6.88. The molecule has 0 bridgehead atoms. The highest BCUT2D eigenvalue weighted by Crippen LogP contribution is 2.36. The van der Waals surface area contributed by atoms with Crippen LogP contribution < -0.4 is 0 Å². The summed E-state index contributed by atoms with van der Waals surface area (Å²) in [6.45, 7) is 0. The highest BCUT2D eigenvalue weighted by molar-refractivity contribution is 7.17. The fraction of sp³-hybridized carbons (Fsp3) is 0. The molecule has 4 heteroatoms. The summed E-state index contributed by atoms with van der Waals surface area (Å²) in [6.07, 6.45) is 1.74. The molecular weight excluding hydrogens is 312 g/mol. The molecule has 0 aliphatic heterocycles. The van der Waals surface area contributed by atoms with E-state index in [1.54, 1.807) is 6.21 Å². The van der Waals surface area contributed by atoms with Gasteiger partial charge in [0.1, 0.15) is 5.71 Å². The molecule has 0 unspecified atom stereocenters. The number of hydrogen-bond acceptors (Lipinski definition) is 3. The van der Waals surface area contributed by atoms with E-state index in [1.807, 2.05) is 24.3 Å². The first-order valence-corrected chi connectivity index (χ1v) is 8.08. The molecule has 0 amide bonds. The molecule has 0 fully saturated rings. The van der Waals surface area contributed by atoms with Crippen LogP contribution >= 0.6 is 22.9 Å². The summed E-state index contributed by atoms with van der Waals surface area (Å²) in [6, 6.07) is 20.4. The Morgan fingerprint density at radius 3 is 1.91 bits per heavy atom. The van der Waals surface area contributed by atoms with Crippen molar-refractivity contribution < 1.29 is 0 Å². The average Bonchev–Trinajstić information content (AvgIpc) is 3.10. The number of hydrogen-bond donors (Lipinski definition) is 0. The minimum absolute atomic E-state index is 0.755. The van der Waals surface area contributed by atoms with Gasteiger partial charge in [0.05, 0.1) is 10.6 Å². The van der Waals surface area contributed by atoms with Crippen LogP contribution in [0.4, 0.5) is 0 Å². The van der Waals surface area contributed by atoms with E-state index in [0.717, 1.165) is 26.1 Å². The molecule has 106 valence electrons. The summed E-state index contributed by atoms with van der Waals surface area (Å²) in [5, 5.41) is 8.71. The molecule has 0 saturated heterocycles. The Balaban J connectivity index is 1.78. The fourth-order valence-corrected chi connectivity index (χ4v) is 3.57. The molecule has 1 heterocycles. The third kappa shape index (κ3) is 2.28. The molecule has 0 atom stereocenters. The number of fused-ring (bicyclic) bond motifs is 3. The molecule has 0 N–H and O–H groups in total. The molecular formula is C18H11ClN2S. The van der Waals surface area contributed by atoms with Crippen LogP contribution in [0.25, 0.3) is 11.1 Å². The van der Waals surface area contributed by atoms with Crippen molar-refractivity contribution in [3.63, 3.8) is 0 Å². The zero-order chi connectivity index (χ0) is 14.9. The normalized spacial score (nSPS) is 12.5. The van der Waals surface area contributed by atoms with Crippen LogP contribution in [0.1, 0.15) is 16.0 Å². The second-order valence-electron chi connectivity index (χ2n) is 4.93. The van der Waals surface area contributed by atoms with E-state index in [0.29, 0.717) is 0 Å². The van der Waals surface area contributed by atoms with Gasteiger partial charge >= 0.3 is 0 Å². The van der Waals surface area contributed by atoms with Crippen molar-refractivity contribution in [3.8, 4) is 11.1 Å². The lowest BCUT2D eigenvalue weighted by Gasteiger charge is -1.97. The van der Waals surface area contributed by atoms with Crippen molar-refractivity contribution in [2.45, 2.75) is 0 Å². The summed E-state index contributed by atoms with van der Waals surface area (Å²) < 4.78 is 0.755. The Hall–Kier alpha value is -2.23. The predicted molar refractivity (Wildman–Crippen MR) is 94.4 cm³/mol. The predicted octanol–water partition coefficient (Wildman–Crippen LogP) is 5.25. The van der Waals surface area contributed by atoms with E-state index in [2.05, 4.69) is 46.6 Å². The molecule has 1 aliphatic rings. The zero-order valence-electron chi connectivity index (χ0n) is 11.5. The molecule has 0 spiro atoms. The second kappa shape index (κ2) is 5.52. The van der Waals surface area contributed by atoms with Crippen LogP contribution in [0.3, 0.4) is 0 Å². The van der Waals surface area contributed by atoms with Gasteiger partial charge in [0, 0.05) is 16.0 Å². The van der Waals surface area contributed by atoms with Crippen molar-refractivity contribution in [3.05, 3.63) is 81.0 Å². The van der Waals surface area contributed by atoms with Gasteiger partial charge in [-0.15, -0.1) is 16.4 Å². The maximum atomic E-state index is 5.92. The molecule has 1 aliphatic carbocycles. The highest BCUT2D eigenvalue weighted by Gasteiger charge is 2.23. The van der Waals surface area contributed by atoms with Crippen LogP contribution in [0.15, 0.2) is 70.9 Å². The molecule has 0 saturated carbocycles. The van der Waals surface area contributed by atoms with E-state index in [9.17, 15) is 0 Å². The van der Waals surface area contributed by atoms with Gasteiger partial charge in [-0.3, -0.25) is 0 Å². The van der Waals surface area contributed by atoms with Crippen LogP contribution in [0.5, 0.6) is 0 Å². The largest absolute Gasteiger partial charge is 0.157 e. The molecule has 3 aromatic rings. The molecule has 2 aromatic carbocycles. The number of halogens is 1. The van der Waals surface area contributed by atoms with E-state index >= 15 is 0 Å². The number of benzene rings is 2. The Morgan fingerprint density at radius 1 is 0.773 bits per heavy atom. The monoisotopic (exact) mass is 322 g/mol. The lowest BCUT2D eigenvalue weighted by molar-refractivity contribution is 1.25. The van der Waals surface area contributed by atoms with Gasteiger partial charge in [-0.25, -0.2) is 0 Å². The summed E-state index contributed by atoms with van der Waals surface area (Å²) in [5.74, 6) is 0. The summed E-state index contributed by atoms with van der Waals surface area (Å²) in [5.41, 5.74) is 5.61. The van der Waals surface area contributed by atoms with Crippen LogP contribution in [0, 0.1) is 0 Å². The quantitative estimate of drug-likeness (QED) is 0.355. The van der Waals surface area contributed by atoms with Crippen molar-refractivity contribution in [2.24, 2.45) is 10.2 Å². The second-order valence-corrected chi connectivity index (χ2v) is 6.67. The van der Waals surface area contributed by atoms with Crippen LogP contribution in [-0.2, 0) is 0 Å². The highest BCUT2D eigenvalue weighted by atomic mass is 35.5. The number of rotatable bonds is 2. The SMILES string of the molecule is Clc1ccc(/C=N\N=C2c3ccccc3-c3ccccc32)s1. The van der Waals surface area contributed by atoms with Gasteiger partial charge in [-0.05, 0) is 23.3 Å². The van der Waals surface area contributed by atoms with Crippen LogP contribution in [-0.4, -0.2) is 11.9 Å². The fourth-order valence-electron chi connectivity index (χ4n) is 2.64. The Bertz CT molecular complexity index is 861. The molecule has 4 rings (SSSR count). The lowest BCUT2D eigenvalue weighted by atomic mass is 10.1. The molecule has 2 nitrogen and oxygen atoms in total. The minimum Gasteiger partial charge on any atom is -0.157 e. The third-order valence-electron chi connectivity index (χ3n) is 3.59. The maximum Gasteiger partial charge on any atom is 0.101 e. The summed E-state index contributed by atoms with van der Waals surface area (Å²) in [7, 11) is 0. The van der Waals surface area contributed by atoms with Crippen molar-refractivity contribution >= 4 is 34.9 Å². The maximum absolute atomic E-state index is 5.92. The minimum atomic E-state index is 0.755. The van der Waals surface area contributed by atoms with Gasteiger partial charge in [-0.1, -0.05) is 60.1 Å². The Labute approximate surface area is 137 Å². The van der Waals surface area contributed by atoms with Gasteiger partial charge < -0.3 is 0 Å². The number of nitrogens with zero attached hydrogens (tertiary/aromatic N) is 2. The van der Waals surface area contributed by atoms with Crippen LogP contribution in [0.2, 0.25) is 4.34 Å². The Morgan fingerprint density at radius 2 is 1.36 bits per heavy atom. The third-order valence-corrected chi connectivity index (χ3v) is 4.76. The van der Waals surface area contributed by atoms with Gasteiger partial charge in [0.15, 0.2) is 0 Å². The van der Waals surface area contributed by atoms with Gasteiger partial charge in [-0.2, -0.15) is 5.10 Å². The Kier molecular flexibility index (Phi) is 3.37. The van der Waals surface area contributed by atoms with Crippen molar-refractivity contribution in [2.75, 3.05) is 0 Å². The number of thiophene rings is 1. The summed E-state index contributed by atoms with van der Waals surface area (Å²) in [4.78, 5) is 0.994. The smallest absolute Gasteiger partial charge is 0.101 e. The van der Waals surface area contributed by atoms with E-state index in [4.69, 9.17) is 11.6 Å². The molecule has 0 radical (unpaired) electrons. The topological polar surface area (TPSA) is 24.7 Å². The van der Waals surface area contributed by atoms with Crippen molar-refractivity contribution in [1.82, 2.24) is 0 Å². The van der Waals surface area contributed by atoms with Gasteiger partial charge in [0.25, 0.3) is 0 Å². The average molecular weight is 323 g/mol. The summed E-state index contributed by atoms with van der Waals surface area (Å²) >= 11 is 7.41. The van der Waals surface area contributed by atoms with Crippen molar-refractivity contribution in [1.29, 1.82) is 0 Å². The molecule has 22 heavy (non-hydrogen) atoms. The van der Waals surface area contributed by atoms with E-state index < -0.39 is 0 Å². The molecule has 1 aromatic heterocycles. The lowest BCUT2D eigenvalue weighted by Crippen LogP contribution is -1.96. The first kappa shape index (κ1) is 13.4. The first-order chi connectivity index (χ1) is 10.8.